The second-order valence-corrected chi connectivity index (χ2v) is 9.43. The fourth-order valence-corrected chi connectivity index (χ4v) is 4.57. The van der Waals surface area contributed by atoms with E-state index in [1.807, 2.05) is 0 Å². The van der Waals surface area contributed by atoms with E-state index in [1.54, 1.807) is 35.2 Å². The third kappa shape index (κ3) is 5.09. The average molecular weight is 492 g/mol. The standard InChI is InChI=1S/C21H22BrN3O4S/c1-2-13-23-20(26)19-4-3-14-25(19)21(27)15-5-9-17(10-6-15)24-30(28,29)18-11-7-16(22)8-12-18/h2,5-12,19,24H,1,3-4,13-14H2,(H,23,26). The molecule has 0 radical (unpaired) electrons. The normalized spacial score (nSPS) is 16.2. The first-order valence-electron chi connectivity index (χ1n) is 9.40. The molecule has 3 rings (SSSR count). The van der Waals surface area contributed by atoms with Crippen molar-refractivity contribution < 1.29 is 18.0 Å². The molecule has 1 aliphatic heterocycles. The smallest absolute Gasteiger partial charge is 0.261 e. The molecule has 0 aromatic heterocycles. The fourth-order valence-electron chi connectivity index (χ4n) is 3.25. The van der Waals surface area contributed by atoms with Crippen LogP contribution in [0.15, 0.2) is 70.6 Å². The Balaban J connectivity index is 1.70. The summed E-state index contributed by atoms with van der Waals surface area (Å²) in [6, 6.07) is 12.0. The molecule has 1 atom stereocenters. The molecule has 0 spiro atoms. The van der Waals surface area contributed by atoms with E-state index < -0.39 is 16.1 Å². The van der Waals surface area contributed by atoms with Gasteiger partial charge in [-0.3, -0.25) is 14.3 Å². The van der Waals surface area contributed by atoms with Gasteiger partial charge in [0.2, 0.25) is 5.91 Å². The van der Waals surface area contributed by atoms with Crippen LogP contribution in [0, 0.1) is 0 Å². The van der Waals surface area contributed by atoms with Gasteiger partial charge in [0.25, 0.3) is 15.9 Å². The highest BCUT2D eigenvalue weighted by atomic mass is 79.9. The number of rotatable bonds is 7. The van der Waals surface area contributed by atoms with Gasteiger partial charge >= 0.3 is 0 Å². The molecule has 9 heteroatoms. The van der Waals surface area contributed by atoms with Crippen molar-refractivity contribution in [2.75, 3.05) is 17.8 Å². The van der Waals surface area contributed by atoms with Crippen LogP contribution < -0.4 is 10.0 Å². The molecule has 0 saturated carbocycles. The van der Waals surface area contributed by atoms with Gasteiger partial charge in [-0.05, 0) is 61.4 Å². The Morgan fingerprint density at radius 3 is 2.43 bits per heavy atom. The number of nitrogens with zero attached hydrogens (tertiary/aromatic N) is 1. The number of sulfonamides is 1. The summed E-state index contributed by atoms with van der Waals surface area (Å²) in [7, 11) is -3.73. The van der Waals surface area contributed by atoms with E-state index in [0.717, 1.165) is 10.9 Å². The van der Waals surface area contributed by atoms with Crippen LogP contribution in [0.4, 0.5) is 5.69 Å². The lowest BCUT2D eigenvalue weighted by atomic mass is 10.1. The fraction of sp³-hybridized carbons (Fsp3) is 0.238. The second kappa shape index (κ2) is 9.44. The third-order valence-electron chi connectivity index (χ3n) is 4.74. The molecule has 0 aliphatic carbocycles. The van der Waals surface area contributed by atoms with Crippen LogP contribution in [0.2, 0.25) is 0 Å². The summed E-state index contributed by atoms with van der Waals surface area (Å²) in [4.78, 5) is 26.8. The first-order chi connectivity index (χ1) is 14.3. The van der Waals surface area contributed by atoms with E-state index in [2.05, 4.69) is 32.5 Å². The summed E-state index contributed by atoms with van der Waals surface area (Å²) in [5, 5.41) is 2.73. The highest BCUT2D eigenvalue weighted by Crippen LogP contribution is 2.23. The molecule has 2 amide bonds. The topological polar surface area (TPSA) is 95.6 Å². The van der Waals surface area contributed by atoms with Crippen LogP contribution in [0.25, 0.3) is 0 Å². The molecular weight excluding hydrogens is 470 g/mol. The summed E-state index contributed by atoms with van der Waals surface area (Å²) in [5.41, 5.74) is 0.737. The Morgan fingerprint density at radius 1 is 1.13 bits per heavy atom. The zero-order chi connectivity index (χ0) is 21.7. The van der Waals surface area contributed by atoms with E-state index >= 15 is 0 Å². The van der Waals surface area contributed by atoms with Gasteiger partial charge in [-0.2, -0.15) is 0 Å². The maximum absolute atomic E-state index is 12.9. The number of anilines is 1. The van der Waals surface area contributed by atoms with Gasteiger partial charge in [-0.15, -0.1) is 6.58 Å². The van der Waals surface area contributed by atoms with Crippen molar-refractivity contribution in [3.8, 4) is 0 Å². The zero-order valence-electron chi connectivity index (χ0n) is 16.2. The largest absolute Gasteiger partial charge is 0.351 e. The van der Waals surface area contributed by atoms with E-state index in [9.17, 15) is 18.0 Å². The Morgan fingerprint density at radius 2 is 1.80 bits per heavy atom. The quantitative estimate of drug-likeness (QED) is 0.581. The van der Waals surface area contributed by atoms with Crippen molar-refractivity contribution in [2.24, 2.45) is 0 Å². The molecule has 158 valence electrons. The van der Waals surface area contributed by atoms with Crippen molar-refractivity contribution in [1.82, 2.24) is 10.2 Å². The van der Waals surface area contributed by atoms with Crippen LogP contribution in [-0.2, 0) is 14.8 Å². The zero-order valence-corrected chi connectivity index (χ0v) is 18.6. The molecule has 1 heterocycles. The molecule has 2 aromatic rings. The van der Waals surface area contributed by atoms with Crippen LogP contribution in [0.1, 0.15) is 23.2 Å². The van der Waals surface area contributed by atoms with Gasteiger partial charge in [0, 0.05) is 28.8 Å². The Kier molecular flexibility index (Phi) is 6.94. The van der Waals surface area contributed by atoms with Crippen molar-refractivity contribution in [3.63, 3.8) is 0 Å². The highest BCUT2D eigenvalue weighted by Gasteiger charge is 2.34. The summed E-state index contributed by atoms with van der Waals surface area (Å²) < 4.78 is 28.3. The average Bonchev–Trinajstić information content (AvgIpc) is 3.22. The van der Waals surface area contributed by atoms with E-state index in [0.29, 0.717) is 30.8 Å². The predicted molar refractivity (Wildman–Crippen MR) is 119 cm³/mol. The number of nitrogens with one attached hydrogen (secondary N) is 2. The summed E-state index contributed by atoms with van der Waals surface area (Å²) in [5.74, 6) is -0.451. The van der Waals surface area contributed by atoms with E-state index in [-0.39, 0.29) is 16.7 Å². The molecule has 1 aliphatic rings. The first-order valence-corrected chi connectivity index (χ1v) is 11.7. The van der Waals surface area contributed by atoms with Crippen LogP contribution in [0.5, 0.6) is 0 Å². The molecule has 1 unspecified atom stereocenters. The van der Waals surface area contributed by atoms with E-state index in [4.69, 9.17) is 0 Å². The minimum absolute atomic E-state index is 0.135. The van der Waals surface area contributed by atoms with Crippen LogP contribution >= 0.6 is 15.9 Å². The second-order valence-electron chi connectivity index (χ2n) is 6.83. The monoisotopic (exact) mass is 491 g/mol. The summed E-state index contributed by atoms with van der Waals surface area (Å²) >= 11 is 3.27. The lowest BCUT2D eigenvalue weighted by Gasteiger charge is -2.24. The van der Waals surface area contributed by atoms with Gasteiger partial charge in [-0.1, -0.05) is 22.0 Å². The predicted octanol–water partition coefficient (Wildman–Crippen LogP) is 3.16. The minimum atomic E-state index is -3.73. The molecule has 2 aromatic carbocycles. The van der Waals surface area contributed by atoms with Crippen LogP contribution in [0.3, 0.4) is 0 Å². The third-order valence-corrected chi connectivity index (χ3v) is 6.67. The number of halogens is 1. The van der Waals surface area contributed by atoms with Crippen LogP contribution in [-0.4, -0.2) is 44.3 Å². The SMILES string of the molecule is C=CCNC(=O)C1CCCN1C(=O)c1ccc(NS(=O)(=O)c2ccc(Br)cc2)cc1. The maximum atomic E-state index is 12.9. The summed E-state index contributed by atoms with van der Waals surface area (Å²) in [6.45, 7) is 4.43. The Bertz CT molecular complexity index is 1040. The number of hydrogen-bond donors (Lipinski definition) is 2. The number of hydrogen-bond acceptors (Lipinski definition) is 4. The number of amides is 2. The number of benzene rings is 2. The van der Waals surface area contributed by atoms with Gasteiger partial charge in [0.1, 0.15) is 6.04 Å². The Hall–Kier alpha value is -2.65. The van der Waals surface area contributed by atoms with Crippen molar-refractivity contribution in [1.29, 1.82) is 0 Å². The molecule has 1 saturated heterocycles. The first kappa shape index (κ1) is 22.0. The lowest BCUT2D eigenvalue weighted by Crippen LogP contribution is -2.46. The number of carbonyl (C=O) groups excluding carboxylic acids is 2. The molecular formula is C21H22BrN3O4S. The van der Waals surface area contributed by atoms with Gasteiger partial charge < -0.3 is 10.2 Å². The van der Waals surface area contributed by atoms with Crippen molar-refractivity contribution in [2.45, 2.75) is 23.8 Å². The van der Waals surface area contributed by atoms with Crippen molar-refractivity contribution in [3.05, 3.63) is 71.2 Å². The molecule has 2 N–H and O–H groups in total. The van der Waals surface area contributed by atoms with E-state index in [1.165, 1.54) is 24.3 Å². The molecule has 7 nitrogen and oxygen atoms in total. The van der Waals surface area contributed by atoms with Gasteiger partial charge in [0.05, 0.1) is 4.90 Å². The maximum Gasteiger partial charge on any atom is 0.261 e. The number of carbonyl (C=O) groups is 2. The Labute approximate surface area is 184 Å². The highest BCUT2D eigenvalue weighted by molar-refractivity contribution is 9.10. The molecule has 30 heavy (non-hydrogen) atoms. The van der Waals surface area contributed by atoms with Gasteiger partial charge in [0.15, 0.2) is 0 Å². The molecule has 0 bridgehead atoms. The van der Waals surface area contributed by atoms with Gasteiger partial charge in [-0.25, -0.2) is 8.42 Å². The lowest BCUT2D eigenvalue weighted by molar-refractivity contribution is -0.124. The molecule has 1 fully saturated rings. The summed E-state index contributed by atoms with van der Waals surface area (Å²) in [6.07, 6.45) is 2.95. The minimum Gasteiger partial charge on any atom is -0.351 e. The number of likely N-dealkylation sites (tertiary alicyclic amines) is 1. The van der Waals surface area contributed by atoms with Crippen molar-refractivity contribution >= 4 is 43.5 Å².